The van der Waals surface area contributed by atoms with Crippen LogP contribution in [0.15, 0.2) is 77.6 Å². The van der Waals surface area contributed by atoms with E-state index in [0.717, 1.165) is 17.8 Å². The third-order valence-corrected chi connectivity index (χ3v) is 4.14. The van der Waals surface area contributed by atoms with E-state index in [1.807, 2.05) is 60.5 Å². The Morgan fingerprint density at radius 3 is 2.35 bits per heavy atom. The summed E-state index contributed by atoms with van der Waals surface area (Å²) in [7, 11) is 1.95. The van der Waals surface area contributed by atoms with Crippen LogP contribution in [0.4, 0.5) is 0 Å². The summed E-state index contributed by atoms with van der Waals surface area (Å²) in [6.07, 6.45) is -0.681. The van der Waals surface area contributed by atoms with Crippen molar-refractivity contribution >= 4 is 0 Å². The number of aliphatic hydroxyl groups is 1. The number of aliphatic hydroxyl groups excluding tert-OH is 1. The molecule has 134 valence electrons. The molecule has 0 fully saturated rings. The molecular formula is C21H23N3O2. The van der Waals surface area contributed by atoms with Gasteiger partial charge in [-0.1, -0.05) is 60.7 Å². The van der Waals surface area contributed by atoms with Gasteiger partial charge in [0.2, 0.25) is 0 Å². The lowest BCUT2D eigenvalue weighted by Crippen LogP contribution is -2.35. The van der Waals surface area contributed by atoms with Crippen LogP contribution in [0.3, 0.4) is 0 Å². The van der Waals surface area contributed by atoms with Crippen molar-refractivity contribution in [2.75, 3.05) is 13.6 Å². The van der Waals surface area contributed by atoms with Gasteiger partial charge in [-0.15, -0.1) is 0 Å². The van der Waals surface area contributed by atoms with Gasteiger partial charge in [-0.05, 0) is 18.7 Å². The second kappa shape index (κ2) is 8.56. The number of likely N-dealkylation sites (N-methyl/N-ethyl adjacent to an activating group) is 1. The molecule has 1 N–H and O–H groups in total. The lowest BCUT2D eigenvalue weighted by atomic mass is 10.1. The van der Waals surface area contributed by atoms with E-state index in [1.54, 1.807) is 6.07 Å². The lowest BCUT2D eigenvalue weighted by Gasteiger charge is -2.21. The van der Waals surface area contributed by atoms with E-state index in [9.17, 15) is 9.90 Å². The minimum absolute atomic E-state index is 0.165. The van der Waals surface area contributed by atoms with Gasteiger partial charge in [0, 0.05) is 24.7 Å². The fourth-order valence-corrected chi connectivity index (χ4v) is 2.92. The van der Waals surface area contributed by atoms with Crippen LogP contribution >= 0.6 is 0 Å². The molecule has 0 saturated carbocycles. The van der Waals surface area contributed by atoms with Gasteiger partial charge < -0.3 is 5.11 Å². The molecule has 3 rings (SSSR count). The summed E-state index contributed by atoms with van der Waals surface area (Å²) in [6.45, 7) is 1.36. The molecule has 0 amide bonds. The van der Waals surface area contributed by atoms with Gasteiger partial charge in [-0.2, -0.15) is 5.10 Å². The van der Waals surface area contributed by atoms with Crippen molar-refractivity contribution in [3.63, 3.8) is 0 Å². The van der Waals surface area contributed by atoms with Gasteiger partial charge in [-0.25, -0.2) is 4.68 Å². The Kier molecular flexibility index (Phi) is 5.94. The van der Waals surface area contributed by atoms with E-state index in [4.69, 9.17) is 0 Å². The van der Waals surface area contributed by atoms with Crippen molar-refractivity contribution in [2.45, 2.75) is 19.2 Å². The summed E-state index contributed by atoms with van der Waals surface area (Å²) >= 11 is 0. The quantitative estimate of drug-likeness (QED) is 0.712. The molecule has 1 aromatic heterocycles. The zero-order chi connectivity index (χ0) is 18.4. The maximum atomic E-state index is 12.1. The molecule has 2 aromatic carbocycles. The van der Waals surface area contributed by atoms with Gasteiger partial charge in [0.05, 0.1) is 18.3 Å². The monoisotopic (exact) mass is 349 g/mol. The molecule has 0 aliphatic heterocycles. The second-order valence-corrected chi connectivity index (χ2v) is 6.44. The van der Waals surface area contributed by atoms with E-state index in [1.165, 1.54) is 16.3 Å². The molecule has 3 aromatic rings. The van der Waals surface area contributed by atoms with Crippen LogP contribution in [-0.4, -0.2) is 39.5 Å². The Morgan fingerprint density at radius 1 is 1.00 bits per heavy atom. The molecule has 1 heterocycles. The highest BCUT2D eigenvalue weighted by atomic mass is 16.3. The molecule has 1 atom stereocenters. The molecule has 0 aliphatic rings. The standard InChI is InChI=1S/C21H23N3O2/c1-23(14-17-8-4-2-5-9-17)15-19(25)16-24-21(26)13-12-20(22-24)18-10-6-3-7-11-18/h2-13,19,25H,14-16H2,1H3/t19-/m0/s1. The smallest absolute Gasteiger partial charge is 0.266 e. The van der Waals surface area contributed by atoms with E-state index in [0.29, 0.717) is 6.54 Å². The topological polar surface area (TPSA) is 58.4 Å². The zero-order valence-corrected chi connectivity index (χ0v) is 14.8. The molecule has 0 saturated heterocycles. The first-order valence-corrected chi connectivity index (χ1v) is 8.66. The van der Waals surface area contributed by atoms with E-state index in [2.05, 4.69) is 17.2 Å². The summed E-state index contributed by atoms with van der Waals surface area (Å²) in [6, 6.07) is 23.0. The Bertz CT molecular complexity index is 879. The summed E-state index contributed by atoms with van der Waals surface area (Å²) in [5, 5.41) is 14.8. The van der Waals surface area contributed by atoms with Crippen LogP contribution < -0.4 is 5.56 Å². The highest BCUT2D eigenvalue weighted by molar-refractivity contribution is 5.57. The number of rotatable bonds is 7. The molecule has 0 spiro atoms. The van der Waals surface area contributed by atoms with Crippen molar-refractivity contribution < 1.29 is 5.11 Å². The Hall–Kier alpha value is -2.76. The predicted octanol–water partition coefficient (Wildman–Crippen LogP) is 2.40. The summed E-state index contributed by atoms with van der Waals surface area (Å²) in [5.41, 5.74) is 2.63. The minimum atomic E-state index is -0.681. The predicted molar refractivity (Wildman–Crippen MR) is 103 cm³/mol. The molecule has 5 nitrogen and oxygen atoms in total. The summed E-state index contributed by atoms with van der Waals surface area (Å²) in [4.78, 5) is 14.1. The van der Waals surface area contributed by atoms with Crippen molar-refractivity contribution in [1.82, 2.24) is 14.7 Å². The van der Waals surface area contributed by atoms with Crippen molar-refractivity contribution in [3.05, 3.63) is 88.7 Å². The van der Waals surface area contributed by atoms with Crippen molar-refractivity contribution in [3.8, 4) is 11.3 Å². The number of benzene rings is 2. The van der Waals surface area contributed by atoms with Gasteiger partial charge in [-0.3, -0.25) is 9.69 Å². The first-order chi connectivity index (χ1) is 12.6. The van der Waals surface area contributed by atoms with Crippen LogP contribution in [0.5, 0.6) is 0 Å². The van der Waals surface area contributed by atoms with Gasteiger partial charge in [0.15, 0.2) is 0 Å². The Morgan fingerprint density at radius 2 is 1.65 bits per heavy atom. The fourth-order valence-electron chi connectivity index (χ4n) is 2.92. The van der Waals surface area contributed by atoms with E-state index >= 15 is 0 Å². The Labute approximate surface area is 153 Å². The van der Waals surface area contributed by atoms with Crippen molar-refractivity contribution in [1.29, 1.82) is 0 Å². The summed E-state index contributed by atoms with van der Waals surface area (Å²) < 4.78 is 1.34. The molecule has 0 aliphatic carbocycles. The van der Waals surface area contributed by atoms with Crippen molar-refractivity contribution in [2.24, 2.45) is 0 Å². The van der Waals surface area contributed by atoms with Gasteiger partial charge >= 0.3 is 0 Å². The fraction of sp³-hybridized carbons (Fsp3) is 0.238. The first-order valence-electron chi connectivity index (χ1n) is 8.66. The SMILES string of the molecule is CN(Cc1ccccc1)C[C@H](O)Cn1nc(-c2ccccc2)ccc1=O. The normalized spacial score (nSPS) is 12.3. The van der Waals surface area contributed by atoms with Gasteiger partial charge in [0.1, 0.15) is 0 Å². The van der Waals surface area contributed by atoms with Crippen LogP contribution in [0, 0.1) is 0 Å². The molecule has 0 bridgehead atoms. The molecule has 5 heteroatoms. The largest absolute Gasteiger partial charge is 0.390 e. The Balaban J connectivity index is 1.65. The van der Waals surface area contributed by atoms with Crippen LogP contribution in [0.2, 0.25) is 0 Å². The third kappa shape index (κ3) is 4.88. The van der Waals surface area contributed by atoms with E-state index < -0.39 is 6.10 Å². The molecular weight excluding hydrogens is 326 g/mol. The van der Waals surface area contributed by atoms with E-state index in [-0.39, 0.29) is 12.1 Å². The minimum Gasteiger partial charge on any atom is -0.390 e. The second-order valence-electron chi connectivity index (χ2n) is 6.44. The maximum absolute atomic E-state index is 12.1. The lowest BCUT2D eigenvalue weighted by molar-refractivity contribution is 0.102. The first kappa shape index (κ1) is 18.0. The molecule has 0 unspecified atom stereocenters. The average Bonchev–Trinajstić information content (AvgIpc) is 2.65. The average molecular weight is 349 g/mol. The summed E-state index contributed by atoms with van der Waals surface area (Å²) in [5.74, 6) is 0. The third-order valence-electron chi connectivity index (χ3n) is 4.14. The number of hydrogen-bond acceptors (Lipinski definition) is 4. The highest BCUT2D eigenvalue weighted by Crippen LogP contribution is 2.14. The molecule has 26 heavy (non-hydrogen) atoms. The maximum Gasteiger partial charge on any atom is 0.266 e. The van der Waals surface area contributed by atoms with Gasteiger partial charge in [0.25, 0.3) is 5.56 Å². The van der Waals surface area contributed by atoms with Crippen LogP contribution in [0.1, 0.15) is 5.56 Å². The number of hydrogen-bond donors (Lipinski definition) is 1. The number of nitrogens with zero attached hydrogens (tertiary/aromatic N) is 3. The zero-order valence-electron chi connectivity index (χ0n) is 14.8. The highest BCUT2D eigenvalue weighted by Gasteiger charge is 2.12. The van der Waals surface area contributed by atoms with Crippen LogP contribution in [-0.2, 0) is 13.1 Å². The van der Waals surface area contributed by atoms with Crippen LogP contribution in [0.25, 0.3) is 11.3 Å². The number of aromatic nitrogens is 2. The molecule has 0 radical (unpaired) electrons.